The molecule has 0 saturated carbocycles. The lowest BCUT2D eigenvalue weighted by Gasteiger charge is -2.03. The molecule has 0 aliphatic heterocycles. The number of rotatable bonds is 4. The zero-order chi connectivity index (χ0) is 14.1. The fourth-order valence-corrected chi connectivity index (χ4v) is 3.09. The number of thiazole rings is 1. The SMILES string of the molecule is Cc1nc(-c2c(N)nsc2NCc2ncn(C)n2)cs1. The number of nitrogen functional groups attached to an aromatic ring is 1. The van der Waals surface area contributed by atoms with Gasteiger partial charge in [-0.2, -0.15) is 9.47 Å². The normalized spacial score (nSPS) is 10.9. The van der Waals surface area contributed by atoms with Crippen molar-refractivity contribution in [3.05, 3.63) is 22.5 Å². The molecule has 3 aromatic heterocycles. The summed E-state index contributed by atoms with van der Waals surface area (Å²) in [6.45, 7) is 2.49. The van der Waals surface area contributed by atoms with E-state index >= 15 is 0 Å². The smallest absolute Gasteiger partial charge is 0.169 e. The third-order valence-electron chi connectivity index (χ3n) is 2.65. The second kappa shape index (κ2) is 5.17. The lowest BCUT2D eigenvalue weighted by molar-refractivity contribution is 0.747. The largest absolute Gasteiger partial charge is 0.382 e. The molecule has 0 atom stereocenters. The molecule has 3 heterocycles. The quantitative estimate of drug-likeness (QED) is 0.764. The van der Waals surface area contributed by atoms with E-state index in [4.69, 9.17) is 5.73 Å². The first-order valence-corrected chi connectivity index (χ1v) is 7.55. The molecule has 0 fully saturated rings. The maximum Gasteiger partial charge on any atom is 0.169 e. The van der Waals surface area contributed by atoms with Crippen LogP contribution in [0.4, 0.5) is 10.8 Å². The lowest BCUT2D eigenvalue weighted by atomic mass is 10.2. The van der Waals surface area contributed by atoms with Crippen LogP contribution in [0.25, 0.3) is 11.3 Å². The monoisotopic (exact) mass is 307 g/mol. The number of hydrogen-bond donors (Lipinski definition) is 2. The fourth-order valence-electron chi connectivity index (χ4n) is 1.77. The van der Waals surface area contributed by atoms with Gasteiger partial charge in [-0.1, -0.05) is 0 Å². The first kappa shape index (κ1) is 13.0. The first-order chi connectivity index (χ1) is 9.63. The molecule has 0 aromatic carbocycles. The number of hydrogen-bond acceptors (Lipinski definition) is 8. The van der Waals surface area contributed by atoms with Gasteiger partial charge in [0.2, 0.25) is 0 Å². The van der Waals surface area contributed by atoms with Crippen LogP contribution in [-0.2, 0) is 13.6 Å². The van der Waals surface area contributed by atoms with Crippen molar-refractivity contribution in [2.24, 2.45) is 7.05 Å². The maximum absolute atomic E-state index is 5.94. The van der Waals surface area contributed by atoms with Crippen molar-refractivity contribution >= 4 is 33.7 Å². The number of aryl methyl sites for hydroxylation is 2. The van der Waals surface area contributed by atoms with Gasteiger partial charge in [-0.15, -0.1) is 11.3 Å². The van der Waals surface area contributed by atoms with Crippen LogP contribution < -0.4 is 11.1 Å². The molecule has 3 rings (SSSR count). The lowest BCUT2D eigenvalue weighted by Crippen LogP contribution is -2.02. The number of aromatic nitrogens is 5. The van der Waals surface area contributed by atoms with Gasteiger partial charge in [0.25, 0.3) is 0 Å². The molecule has 3 aromatic rings. The maximum atomic E-state index is 5.94. The molecule has 0 spiro atoms. The molecule has 0 unspecified atom stereocenters. The molecule has 0 amide bonds. The van der Waals surface area contributed by atoms with E-state index in [2.05, 4.69) is 24.8 Å². The Hall–Kier alpha value is -2.00. The topological polar surface area (TPSA) is 94.5 Å². The van der Waals surface area contributed by atoms with Gasteiger partial charge >= 0.3 is 0 Å². The molecule has 0 radical (unpaired) electrons. The van der Waals surface area contributed by atoms with E-state index in [1.807, 2.05) is 19.4 Å². The Balaban J connectivity index is 1.83. The van der Waals surface area contributed by atoms with Gasteiger partial charge in [-0.25, -0.2) is 9.97 Å². The molecule has 0 aliphatic rings. The minimum absolute atomic E-state index is 0.497. The number of nitrogens with one attached hydrogen (secondary N) is 1. The van der Waals surface area contributed by atoms with Gasteiger partial charge in [0, 0.05) is 12.4 Å². The average Bonchev–Trinajstić information content (AvgIpc) is 3.09. The molecule has 0 aliphatic carbocycles. The van der Waals surface area contributed by atoms with Crippen LogP contribution in [-0.4, -0.2) is 24.1 Å². The third-order valence-corrected chi connectivity index (χ3v) is 4.24. The number of anilines is 2. The van der Waals surface area contributed by atoms with Crippen LogP contribution in [0.5, 0.6) is 0 Å². The molecular weight excluding hydrogens is 294 g/mol. The summed E-state index contributed by atoms with van der Waals surface area (Å²) in [5, 5.41) is 11.4. The third kappa shape index (κ3) is 2.49. The summed E-state index contributed by atoms with van der Waals surface area (Å²) < 4.78 is 5.86. The first-order valence-electron chi connectivity index (χ1n) is 5.89. The van der Waals surface area contributed by atoms with Crippen molar-refractivity contribution in [3.63, 3.8) is 0 Å². The highest BCUT2D eigenvalue weighted by atomic mass is 32.1. The summed E-state index contributed by atoms with van der Waals surface area (Å²) in [7, 11) is 1.84. The van der Waals surface area contributed by atoms with E-state index in [1.165, 1.54) is 11.5 Å². The molecule has 20 heavy (non-hydrogen) atoms. The summed E-state index contributed by atoms with van der Waals surface area (Å²) in [6.07, 6.45) is 1.67. The highest BCUT2D eigenvalue weighted by Crippen LogP contribution is 2.37. The Labute approximate surface area is 123 Å². The molecule has 3 N–H and O–H groups in total. The van der Waals surface area contributed by atoms with Crippen LogP contribution in [0, 0.1) is 6.92 Å². The highest BCUT2D eigenvalue weighted by molar-refractivity contribution is 7.11. The van der Waals surface area contributed by atoms with Gasteiger partial charge in [0.05, 0.1) is 22.8 Å². The Morgan fingerprint density at radius 2 is 2.30 bits per heavy atom. The van der Waals surface area contributed by atoms with Crippen molar-refractivity contribution in [3.8, 4) is 11.3 Å². The molecule has 0 bridgehead atoms. The minimum atomic E-state index is 0.497. The van der Waals surface area contributed by atoms with Gasteiger partial charge in [0.15, 0.2) is 5.82 Å². The van der Waals surface area contributed by atoms with E-state index in [0.29, 0.717) is 12.4 Å². The molecule has 0 saturated heterocycles. The summed E-state index contributed by atoms with van der Waals surface area (Å²) in [5.74, 6) is 1.22. The van der Waals surface area contributed by atoms with Crippen molar-refractivity contribution in [2.45, 2.75) is 13.5 Å². The Kier molecular flexibility index (Phi) is 3.36. The standard InChI is InChI=1S/C11H13N7S2/c1-6-15-7(4-19-6)9-10(12)17-20-11(9)13-3-8-14-5-18(2)16-8/h4-5,13H,3H2,1-2H3,(H2,12,17). The zero-order valence-electron chi connectivity index (χ0n) is 11.0. The highest BCUT2D eigenvalue weighted by Gasteiger charge is 2.16. The van der Waals surface area contributed by atoms with E-state index < -0.39 is 0 Å². The van der Waals surface area contributed by atoms with Crippen LogP contribution in [0.15, 0.2) is 11.7 Å². The van der Waals surface area contributed by atoms with Gasteiger partial charge in [-0.05, 0) is 18.5 Å². The number of nitrogens with two attached hydrogens (primary N) is 1. The van der Waals surface area contributed by atoms with Crippen LogP contribution in [0.3, 0.4) is 0 Å². The molecule has 9 heteroatoms. The molecular formula is C11H13N7S2. The Morgan fingerprint density at radius 1 is 1.45 bits per heavy atom. The van der Waals surface area contributed by atoms with Crippen LogP contribution >= 0.6 is 22.9 Å². The number of nitrogens with zero attached hydrogens (tertiary/aromatic N) is 5. The van der Waals surface area contributed by atoms with Crippen molar-refractivity contribution in [1.29, 1.82) is 0 Å². The minimum Gasteiger partial charge on any atom is -0.382 e. The van der Waals surface area contributed by atoms with Crippen molar-refractivity contribution < 1.29 is 0 Å². The van der Waals surface area contributed by atoms with Crippen LogP contribution in [0.2, 0.25) is 0 Å². The predicted octanol–water partition coefficient (Wildman–Crippen LogP) is 1.90. The molecule has 104 valence electrons. The van der Waals surface area contributed by atoms with Gasteiger partial charge < -0.3 is 11.1 Å². The Morgan fingerprint density at radius 3 is 2.95 bits per heavy atom. The summed E-state index contributed by atoms with van der Waals surface area (Å²) in [4.78, 5) is 8.64. The van der Waals surface area contributed by atoms with E-state index in [-0.39, 0.29) is 0 Å². The van der Waals surface area contributed by atoms with Crippen molar-refractivity contribution in [1.82, 2.24) is 24.1 Å². The van der Waals surface area contributed by atoms with Crippen LogP contribution in [0.1, 0.15) is 10.8 Å². The van der Waals surface area contributed by atoms with Gasteiger partial charge in [-0.3, -0.25) is 4.68 Å². The predicted molar refractivity (Wildman–Crippen MR) is 80.7 cm³/mol. The average molecular weight is 307 g/mol. The van der Waals surface area contributed by atoms with Crippen molar-refractivity contribution in [2.75, 3.05) is 11.1 Å². The van der Waals surface area contributed by atoms with Gasteiger partial charge in [0.1, 0.15) is 17.1 Å². The molecule has 7 nitrogen and oxygen atoms in total. The zero-order valence-corrected chi connectivity index (χ0v) is 12.6. The summed E-state index contributed by atoms with van der Waals surface area (Å²) in [6, 6.07) is 0. The summed E-state index contributed by atoms with van der Waals surface area (Å²) >= 11 is 2.91. The second-order valence-electron chi connectivity index (χ2n) is 4.21. The van der Waals surface area contributed by atoms with E-state index in [1.54, 1.807) is 22.3 Å². The Bertz CT molecular complexity index is 727. The van der Waals surface area contributed by atoms with E-state index in [9.17, 15) is 0 Å². The van der Waals surface area contributed by atoms with E-state index in [0.717, 1.165) is 27.1 Å². The summed E-state index contributed by atoms with van der Waals surface area (Å²) in [5.41, 5.74) is 7.66. The second-order valence-corrected chi connectivity index (χ2v) is 6.05. The fraction of sp³-hybridized carbons (Fsp3) is 0.273.